The quantitative estimate of drug-likeness (QED) is 0.935. The molecule has 1 N–H and O–H groups in total. The standard InChI is InChI=1S/C19H21N3O2/c23-18-7-3-4-13-8-9-14(12-16(13)18)21-19(24)17-10-11-20-22(17)15-5-1-2-6-15/h8-12,15H,1-7H2,(H,21,24). The van der Waals surface area contributed by atoms with E-state index in [9.17, 15) is 9.59 Å². The van der Waals surface area contributed by atoms with Crippen molar-refractivity contribution >= 4 is 17.4 Å². The molecule has 1 fully saturated rings. The number of aromatic nitrogens is 2. The number of ketones is 1. The molecule has 0 bridgehead atoms. The van der Waals surface area contributed by atoms with Crippen molar-refractivity contribution in [2.75, 3.05) is 5.32 Å². The maximum atomic E-state index is 12.6. The smallest absolute Gasteiger partial charge is 0.273 e. The van der Waals surface area contributed by atoms with Crippen LogP contribution in [0, 0.1) is 0 Å². The second-order valence-corrected chi connectivity index (χ2v) is 6.70. The zero-order valence-electron chi connectivity index (χ0n) is 13.6. The molecule has 1 heterocycles. The molecule has 1 aromatic heterocycles. The molecule has 0 unspecified atom stereocenters. The average Bonchev–Trinajstić information content (AvgIpc) is 3.26. The largest absolute Gasteiger partial charge is 0.321 e. The molecule has 24 heavy (non-hydrogen) atoms. The van der Waals surface area contributed by atoms with Crippen molar-refractivity contribution in [1.82, 2.24) is 9.78 Å². The Kier molecular flexibility index (Phi) is 3.92. The molecule has 4 rings (SSSR count). The van der Waals surface area contributed by atoms with E-state index in [2.05, 4.69) is 10.4 Å². The van der Waals surface area contributed by atoms with Crippen LogP contribution in [-0.2, 0) is 6.42 Å². The maximum Gasteiger partial charge on any atom is 0.273 e. The number of hydrogen-bond acceptors (Lipinski definition) is 3. The first-order valence-corrected chi connectivity index (χ1v) is 8.73. The van der Waals surface area contributed by atoms with Crippen LogP contribution in [-0.4, -0.2) is 21.5 Å². The van der Waals surface area contributed by atoms with Crippen LogP contribution >= 0.6 is 0 Å². The Hall–Kier alpha value is -2.43. The Morgan fingerprint density at radius 3 is 2.79 bits per heavy atom. The van der Waals surface area contributed by atoms with Gasteiger partial charge in [0.05, 0.1) is 6.04 Å². The van der Waals surface area contributed by atoms with Crippen LogP contribution in [0.2, 0.25) is 0 Å². The number of Topliss-reactive ketones (excluding diaryl/α,β-unsaturated/α-hetero) is 1. The molecule has 5 nitrogen and oxygen atoms in total. The van der Waals surface area contributed by atoms with Gasteiger partial charge in [0.1, 0.15) is 5.69 Å². The van der Waals surface area contributed by atoms with Gasteiger partial charge < -0.3 is 5.32 Å². The maximum absolute atomic E-state index is 12.6. The lowest BCUT2D eigenvalue weighted by atomic mass is 9.90. The van der Waals surface area contributed by atoms with Crippen LogP contribution in [0.1, 0.15) is 71.0 Å². The van der Waals surface area contributed by atoms with Gasteiger partial charge in [0.15, 0.2) is 5.78 Å². The first-order valence-electron chi connectivity index (χ1n) is 8.73. The fraction of sp³-hybridized carbons (Fsp3) is 0.421. The molecule has 5 heteroatoms. The summed E-state index contributed by atoms with van der Waals surface area (Å²) in [5.41, 5.74) is 3.10. The van der Waals surface area contributed by atoms with Crippen molar-refractivity contribution in [3.8, 4) is 0 Å². The number of fused-ring (bicyclic) bond motifs is 1. The van der Waals surface area contributed by atoms with E-state index in [1.54, 1.807) is 12.3 Å². The molecule has 2 aliphatic carbocycles. The number of nitrogens with zero attached hydrogens (tertiary/aromatic N) is 2. The van der Waals surface area contributed by atoms with E-state index in [1.165, 1.54) is 12.8 Å². The first-order chi connectivity index (χ1) is 11.7. The Bertz CT molecular complexity index is 788. The van der Waals surface area contributed by atoms with E-state index in [0.29, 0.717) is 23.8 Å². The lowest BCUT2D eigenvalue weighted by Crippen LogP contribution is -2.20. The number of carbonyl (C=O) groups excluding carboxylic acids is 2. The van der Waals surface area contributed by atoms with Crippen LogP contribution in [0.3, 0.4) is 0 Å². The topological polar surface area (TPSA) is 64.0 Å². The summed E-state index contributed by atoms with van der Waals surface area (Å²) in [5.74, 6) is 0.00551. The molecule has 1 amide bonds. The zero-order valence-corrected chi connectivity index (χ0v) is 13.6. The molecule has 0 radical (unpaired) electrons. The summed E-state index contributed by atoms with van der Waals surface area (Å²) in [7, 11) is 0. The number of nitrogens with one attached hydrogen (secondary N) is 1. The van der Waals surface area contributed by atoms with Crippen LogP contribution in [0.25, 0.3) is 0 Å². The molecule has 0 aliphatic heterocycles. The van der Waals surface area contributed by atoms with Gasteiger partial charge in [-0.25, -0.2) is 0 Å². The van der Waals surface area contributed by atoms with Gasteiger partial charge in [0, 0.05) is 23.9 Å². The molecular weight excluding hydrogens is 302 g/mol. The molecule has 124 valence electrons. The fourth-order valence-corrected chi connectivity index (χ4v) is 3.83. The minimum Gasteiger partial charge on any atom is -0.321 e. The molecule has 1 saturated carbocycles. The number of benzene rings is 1. The normalized spacial score (nSPS) is 17.8. The molecule has 1 aromatic carbocycles. The zero-order chi connectivity index (χ0) is 16.5. The second kappa shape index (κ2) is 6.23. The van der Waals surface area contributed by atoms with Gasteiger partial charge in [-0.2, -0.15) is 5.10 Å². The summed E-state index contributed by atoms with van der Waals surface area (Å²) in [6.07, 6.45) is 8.67. The molecule has 0 saturated heterocycles. The lowest BCUT2D eigenvalue weighted by Gasteiger charge is -2.17. The Morgan fingerprint density at radius 1 is 1.12 bits per heavy atom. The highest BCUT2D eigenvalue weighted by Crippen LogP contribution is 2.30. The average molecular weight is 323 g/mol. The summed E-state index contributed by atoms with van der Waals surface area (Å²) in [5, 5.41) is 7.27. The predicted octanol–water partition coefficient (Wildman–Crippen LogP) is 3.77. The van der Waals surface area contributed by atoms with Gasteiger partial charge in [-0.15, -0.1) is 0 Å². The van der Waals surface area contributed by atoms with Gasteiger partial charge in [0.25, 0.3) is 5.91 Å². The van der Waals surface area contributed by atoms with Crippen molar-refractivity contribution in [2.45, 2.75) is 51.0 Å². The van der Waals surface area contributed by atoms with Gasteiger partial charge >= 0.3 is 0 Å². The van der Waals surface area contributed by atoms with Gasteiger partial charge in [-0.05, 0) is 49.4 Å². The summed E-state index contributed by atoms with van der Waals surface area (Å²) in [6.45, 7) is 0. The van der Waals surface area contributed by atoms with Crippen molar-refractivity contribution in [3.63, 3.8) is 0 Å². The molecule has 0 spiro atoms. The van der Waals surface area contributed by atoms with E-state index < -0.39 is 0 Å². The van der Waals surface area contributed by atoms with Crippen molar-refractivity contribution < 1.29 is 9.59 Å². The monoisotopic (exact) mass is 323 g/mol. The number of amides is 1. The third kappa shape index (κ3) is 2.75. The highest BCUT2D eigenvalue weighted by atomic mass is 16.2. The molecule has 2 aliphatic rings. The van der Waals surface area contributed by atoms with E-state index >= 15 is 0 Å². The first kappa shape index (κ1) is 15.1. The van der Waals surface area contributed by atoms with E-state index in [1.807, 2.05) is 22.9 Å². The van der Waals surface area contributed by atoms with E-state index in [0.717, 1.165) is 36.8 Å². The SMILES string of the molecule is O=C1CCCc2ccc(NC(=O)c3ccnn3C3CCCC3)cc21. The van der Waals surface area contributed by atoms with Gasteiger partial charge in [0.2, 0.25) is 0 Å². The Balaban J connectivity index is 1.56. The summed E-state index contributed by atoms with van der Waals surface area (Å²) >= 11 is 0. The molecular formula is C19H21N3O2. The number of rotatable bonds is 3. The molecule has 2 aromatic rings. The Morgan fingerprint density at radius 2 is 1.96 bits per heavy atom. The van der Waals surface area contributed by atoms with Crippen LogP contribution in [0.15, 0.2) is 30.5 Å². The number of hydrogen-bond donors (Lipinski definition) is 1. The predicted molar refractivity (Wildman–Crippen MR) is 91.4 cm³/mol. The minimum atomic E-state index is -0.164. The minimum absolute atomic E-state index is 0.164. The number of carbonyl (C=O) groups is 2. The third-order valence-corrected chi connectivity index (χ3v) is 5.09. The van der Waals surface area contributed by atoms with Crippen LogP contribution in [0.5, 0.6) is 0 Å². The van der Waals surface area contributed by atoms with Crippen molar-refractivity contribution in [1.29, 1.82) is 0 Å². The van der Waals surface area contributed by atoms with Gasteiger partial charge in [-0.3, -0.25) is 14.3 Å². The van der Waals surface area contributed by atoms with Crippen molar-refractivity contribution in [2.24, 2.45) is 0 Å². The van der Waals surface area contributed by atoms with Crippen LogP contribution in [0.4, 0.5) is 5.69 Å². The van der Waals surface area contributed by atoms with Crippen molar-refractivity contribution in [3.05, 3.63) is 47.3 Å². The number of aryl methyl sites for hydroxylation is 1. The fourth-order valence-electron chi connectivity index (χ4n) is 3.83. The Labute approximate surface area is 141 Å². The molecule has 0 atom stereocenters. The highest BCUT2D eigenvalue weighted by Gasteiger charge is 2.23. The summed E-state index contributed by atoms with van der Waals surface area (Å²) in [4.78, 5) is 24.7. The highest BCUT2D eigenvalue weighted by molar-refractivity contribution is 6.04. The third-order valence-electron chi connectivity index (χ3n) is 5.09. The van der Waals surface area contributed by atoms with Gasteiger partial charge in [-0.1, -0.05) is 18.9 Å². The second-order valence-electron chi connectivity index (χ2n) is 6.70. The van der Waals surface area contributed by atoms with Crippen LogP contribution < -0.4 is 5.32 Å². The number of anilines is 1. The van der Waals surface area contributed by atoms with E-state index in [-0.39, 0.29) is 11.7 Å². The lowest BCUT2D eigenvalue weighted by molar-refractivity contribution is 0.0970. The summed E-state index contributed by atoms with van der Waals surface area (Å²) < 4.78 is 1.85. The summed E-state index contributed by atoms with van der Waals surface area (Å²) in [6, 6.07) is 7.73. The van der Waals surface area contributed by atoms with E-state index in [4.69, 9.17) is 0 Å².